The van der Waals surface area contributed by atoms with E-state index in [1.807, 2.05) is 12.3 Å². The molecule has 1 saturated heterocycles. The van der Waals surface area contributed by atoms with Crippen LogP contribution in [0.4, 0.5) is 5.69 Å². The maximum Gasteiger partial charge on any atom is 0.125 e. The molecule has 1 aromatic heterocycles. The highest BCUT2D eigenvalue weighted by molar-refractivity contribution is 6.00. The smallest absolute Gasteiger partial charge is 0.125 e. The molecule has 0 bridgehead atoms. The molecular weight excluding hydrogens is 224 g/mol. The van der Waals surface area contributed by atoms with Crippen molar-refractivity contribution in [3.8, 4) is 0 Å². The summed E-state index contributed by atoms with van der Waals surface area (Å²) in [5.74, 6) is 0.992. The second kappa shape index (κ2) is 5.85. The van der Waals surface area contributed by atoms with Crippen LogP contribution in [-0.4, -0.2) is 23.9 Å². The van der Waals surface area contributed by atoms with Gasteiger partial charge in [0.25, 0.3) is 0 Å². The van der Waals surface area contributed by atoms with E-state index in [1.54, 1.807) is 6.20 Å². The van der Waals surface area contributed by atoms with E-state index < -0.39 is 0 Å². The van der Waals surface area contributed by atoms with Gasteiger partial charge < -0.3 is 10.6 Å². The molecule has 2 heterocycles. The molecule has 4 nitrogen and oxygen atoms in total. The Morgan fingerprint density at radius 1 is 1.50 bits per heavy atom. The van der Waals surface area contributed by atoms with Crippen molar-refractivity contribution in [1.82, 2.24) is 4.98 Å². The number of pyridine rings is 1. The molecule has 1 aliphatic heterocycles. The van der Waals surface area contributed by atoms with Crippen LogP contribution >= 0.6 is 0 Å². The first-order valence-electron chi connectivity index (χ1n) is 6.75. The predicted molar refractivity (Wildman–Crippen MR) is 75.1 cm³/mol. The Morgan fingerprint density at radius 3 is 2.83 bits per heavy atom. The third-order valence-corrected chi connectivity index (χ3v) is 3.74. The first-order chi connectivity index (χ1) is 8.72. The second-order valence-corrected chi connectivity index (χ2v) is 5.03. The van der Waals surface area contributed by atoms with E-state index in [4.69, 9.17) is 11.1 Å². The number of nitrogen functional groups attached to an aromatic ring is 1. The van der Waals surface area contributed by atoms with Crippen LogP contribution in [0.3, 0.4) is 0 Å². The zero-order chi connectivity index (χ0) is 13.0. The lowest BCUT2D eigenvalue weighted by Crippen LogP contribution is -2.35. The minimum Gasteiger partial charge on any atom is -0.384 e. The molecule has 0 atom stereocenters. The zero-order valence-corrected chi connectivity index (χ0v) is 11.0. The first-order valence-corrected chi connectivity index (χ1v) is 6.75. The number of nitrogens with two attached hydrogens (primary N) is 1. The molecule has 0 amide bonds. The van der Waals surface area contributed by atoms with Crippen LogP contribution in [0.2, 0.25) is 0 Å². The molecule has 0 spiro atoms. The summed E-state index contributed by atoms with van der Waals surface area (Å²) < 4.78 is 0. The molecule has 3 N–H and O–H groups in total. The van der Waals surface area contributed by atoms with Gasteiger partial charge >= 0.3 is 0 Å². The SMILES string of the molecule is CCCC1CCN(c2cnccc2C(=N)N)CC1. The largest absolute Gasteiger partial charge is 0.384 e. The third-order valence-electron chi connectivity index (χ3n) is 3.74. The number of nitrogens with one attached hydrogen (secondary N) is 1. The van der Waals surface area contributed by atoms with E-state index in [0.717, 1.165) is 30.3 Å². The third kappa shape index (κ3) is 2.81. The van der Waals surface area contributed by atoms with Crippen molar-refractivity contribution in [2.45, 2.75) is 32.6 Å². The van der Waals surface area contributed by atoms with Crippen molar-refractivity contribution in [3.05, 3.63) is 24.0 Å². The molecule has 2 rings (SSSR count). The number of piperidine rings is 1. The maximum absolute atomic E-state index is 7.62. The number of aromatic nitrogens is 1. The molecule has 0 saturated carbocycles. The summed E-state index contributed by atoms with van der Waals surface area (Å²) in [4.78, 5) is 6.48. The Balaban J connectivity index is 2.07. The molecule has 0 aromatic carbocycles. The topological polar surface area (TPSA) is 66.0 Å². The van der Waals surface area contributed by atoms with Crippen LogP contribution in [0.1, 0.15) is 38.2 Å². The van der Waals surface area contributed by atoms with E-state index in [9.17, 15) is 0 Å². The van der Waals surface area contributed by atoms with Crippen LogP contribution in [0.5, 0.6) is 0 Å². The number of hydrogen-bond acceptors (Lipinski definition) is 3. The Morgan fingerprint density at radius 2 is 2.22 bits per heavy atom. The van der Waals surface area contributed by atoms with Gasteiger partial charge in [-0.05, 0) is 24.8 Å². The minimum atomic E-state index is 0.128. The highest BCUT2D eigenvalue weighted by atomic mass is 15.1. The van der Waals surface area contributed by atoms with Gasteiger partial charge in [-0.3, -0.25) is 10.4 Å². The highest BCUT2D eigenvalue weighted by Gasteiger charge is 2.21. The van der Waals surface area contributed by atoms with E-state index in [-0.39, 0.29) is 5.84 Å². The number of hydrogen-bond donors (Lipinski definition) is 2. The summed E-state index contributed by atoms with van der Waals surface area (Å²) in [5.41, 5.74) is 7.44. The summed E-state index contributed by atoms with van der Waals surface area (Å²) >= 11 is 0. The summed E-state index contributed by atoms with van der Waals surface area (Å²) in [7, 11) is 0. The van der Waals surface area contributed by atoms with Crippen LogP contribution in [0, 0.1) is 11.3 Å². The van der Waals surface area contributed by atoms with Crippen molar-refractivity contribution in [2.75, 3.05) is 18.0 Å². The van der Waals surface area contributed by atoms with Gasteiger partial charge in [0.15, 0.2) is 0 Å². The van der Waals surface area contributed by atoms with Crippen LogP contribution in [0.25, 0.3) is 0 Å². The highest BCUT2D eigenvalue weighted by Crippen LogP contribution is 2.27. The second-order valence-electron chi connectivity index (χ2n) is 5.03. The normalized spacial score (nSPS) is 16.8. The Labute approximate surface area is 109 Å². The van der Waals surface area contributed by atoms with Crippen LogP contribution < -0.4 is 10.6 Å². The minimum absolute atomic E-state index is 0.128. The van der Waals surface area contributed by atoms with Gasteiger partial charge in [-0.2, -0.15) is 0 Å². The fourth-order valence-electron chi connectivity index (χ4n) is 2.74. The van der Waals surface area contributed by atoms with Gasteiger partial charge in [-0.15, -0.1) is 0 Å². The molecule has 18 heavy (non-hydrogen) atoms. The fraction of sp³-hybridized carbons (Fsp3) is 0.571. The first kappa shape index (κ1) is 12.9. The zero-order valence-electron chi connectivity index (χ0n) is 11.0. The fourth-order valence-corrected chi connectivity index (χ4v) is 2.74. The quantitative estimate of drug-likeness (QED) is 0.633. The van der Waals surface area contributed by atoms with E-state index in [2.05, 4.69) is 16.8 Å². The van der Waals surface area contributed by atoms with Crippen molar-refractivity contribution < 1.29 is 0 Å². The molecular formula is C14H22N4. The predicted octanol–water partition coefficient (Wildman–Crippen LogP) is 2.38. The maximum atomic E-state index is 7.62. The van der Waals surface area contributed by atoms with E-state index in [1.165, 1.54) is 25.7 Å². The van der Waals surface area contributed by atoms with Crippen molar-refractivity contribution in [1.29, 1.82) is 5.41 Å². The van der Waals surface area contributed by atoms with Gasteiger partial charge in [0.1, 0.15) is 5.84 Å². The molecule has 1 aliphatic rings. The lowest BCUT2D eigenvalue weighted by atomic mass is 9.92. The van der Waals surface area contributed by atoms with Crippen molar-refractivity contribution in [2.24, 2.45) is 11.7 Å². The number of anilines is 1. The molecule has 0 aliphatic carbocycles. The summed E-state index contributed by atoms with van der Waals surface area (Å²) in [6.07, 6.45) is 8.61. The summed E-state index contributed by atoms with van der Waals surface area (Å²) in [6.45, 7) is 4.36. The van der Waals surface area contributed by atoms with Gasteiger partial charge in [0.05, 0.1) is 11.9 Å². The number of amidine groups is 1. The average molecular weight is 246 g/mol. The van der Waals surface area contributed by atoms with Gasteiger partial charge in [0, 0.05) is 24.8 Å². The summed E-state index contributed by atoms with van der Waals surface area (Å²) in [6, 6.07) is 1.83. The molecule has 4 heteroatoms. The monoisotopic (exact) mass is 246 g/mol. The molecule has 0 radical (unpaired) electrons. The molecule has 1 fully saturated rings. The van der Waals surface area contributed by atoms with Gasteiger partial charge in [-0.1, -0.05) is 19.8 Å². The Hall–Kier alpha value is -1.58. The van der Waals surface area contributed by atoms with Gasteiger partial charge in [-0.25, -0.2) is 0 Å². The lowest BCUT2D eigenvalue weighted by molar-refractivity contribution is 0.378. The average Bonchev–Trinajstić information content (AvgIpc) is 2.40. The number of rotatable bonds is 4. The Bertz CT molecular complexity index is 408. The number of nitrogens with zero attached hydrogens (tertiary/aromatic N) is 2. The Kier molecular flexibility index (Phi) is 4.18. The standard InChI is InChI=1S/C14H22N4/c1-2-3-11-5-8-18(9-6-11)13-10-17-7-4-12(13)14(15)16/h4,7,10-11H,2-3,5-6,8-9H2,1H3,(H3,15,16). The summed E-state index contributed by atoms with van der Waals surface area (Å²) in [5, 5.41) is 7.62. The van der Waals surface area contributed by atoms with E-state index in [0.29, 0.717) is 0 Å². The lowest BCUT2D eigenvalue weighted by Gasteiger charge is -2.34. The molecule has 0 unspecified atom stereocenters. The van der Waals surface area contributed by atoms with Crippen molar-refractivity contribution in [3.63, 3.8) is 0 Å². The molecule has 1 aromatic rings. The van der Waals surface area contributed by atoms with Gasteiger partial charge in [0.2, 0.25) is 0 Å². The van der Waals surface area contributed by atoms with Crippen molar-refractivity contribution >= 4 is 11.5 Å². The van der Waals surface area contributed by atoms with E-state index >= 15 is 0 Å². The van der Waals surface area contributed by atoms with Crippen LogP contribution in [-0.2, 0) is 0 Å². The molecule has 98 valence electrons. The van der Waals surface area contributed by atoms with Crippen LogP contribution in [0.15, 0.2) is 18.5 Å².